The van der Waals surface area contributed by atoms with Crippen LogP contribution in [0, 0.1) is 6.92 Å². The average molecular weight is 474 g/mol. The molecule has 2 aromatic carbocycles. The van der Waals surface area contributed by atoms with Crippen molar-refractivity contribution in [2.75, 3.05) is 28.4 Å². The Morgan fingerprint density at radius 1 is 0.588 bits per heavy atom. The number of aromatic nitrogens is 2. The molecule has 0 bridgehead atoms. The number of hydrogen-bond acceptors (Lipinski definition) is 6. The number of hydrogen-bond donors (Lipinski definition) is 0. The first-order valence-corrected chi connectivity index (χ1v) is 12.1. The summed E-state index contributed by atoms with van der Waals surface area (Å²) in [4.78, 5) is 9.19. The van der Waals surface area contributed by atoms with Gasteiger partial charge in [0, 0.05) is 17.4 Å². The maximum absolute atomic E-state index is 5.82. The molecule has 0 saturated carbocycles. The van der Waals surface area contributed by atoms with E-state index in [2.05, 4.69) is 58.5 Å². The zero-order valence-corrected chi connectivity index (χ0v) is 20.8. The fourth-order valence-corrected chi connectivity index (χ4v) is 6.37. The molecule has 0 amide bonds. The highest BCUT2D eigenvalue weighted by molar-refractivity contribution is 7.80. The number of rotatable bonds is 8. The molecule has 0 fully saturated rings. The number of methoxy groups -OCH3 is 4. The molecule has 2 aromatic heterocycles. The molecule has 0 atom stereocenters. The first-order chi connectivity index (χ1) is 16.6. The fraction of sp³-hybridized carbons (Fsp3) is 0.185. The van der Waals surface area contributed by atoms with Crippen molar-refractivity contribution in [3.63, 3.8) is 0 Å². The lowest BCUT2D eigenvalue weighted by Crippen LogP contribution is -2.23. The molecule has 0 unspecified atom stereocenters. The van der Waals surface area contributed by atoms with Gasteiger partial charge >= 0.3 is 0 Å². The van der Waals surface area contributed by atoms with Gasteiger partial charge in [0.25, 0.3) is 0 Å². The van der Waals surface area contributed by atoms with Gasteiger partial charge in [0.05, 0.1) is 39.6 Å². The highest BCUT2D eigenvalue weighted by Crippen LogP contribution is 2.45. The number of benzene rings is 2. The topological polar surface area (TPSA) is 62.7 Å². The molecule has 4 rings (SSSR count). The van der Waals surface area contributed by atoms with Crippen LogP contribution >= 0.6 is 7.92 Å². The SMILES string of the molecule is COc1cc(C)c(-c2c(P(c3ccccc3)c3ccccc3)cc(OC)nc2OC)c(OC)n1. The summed E-state index contributed by atoms with van der Waals surface area (Å²) >= 11 is 0. The Labute approximate surface area is 201 Å². The molecule has 2 heterocycles. The Hall–Kier alpha value is -3.63. The minimum atomic E-state index is -0.990. The van der Waals surface area contributed by atoms with Gasteiger partial charge in [-0.2, -0.15) is 9.97 Å². The van der Waals surface area contributed by atoms with E-state index in [1.165, 1.54) is 10.6 Å². The van der Waals surface area contributed by atoms with E-state index in [9.17, 15) is 0 Å². The molecular formula is C27H27N2O4P. The minimum absolute atomic E-state index is 0.444. The number of aryl methyl sites for hydroxylation is 1. The van der Waals surface area contributed by atoms with Crippen molar-refractivity contribution in [1.82, 2.24) is 9.97 Å². The lowest BCUT2D eigenvalue weighted by Gasteiger charge is -2.25. The van der Waals surface area contributed by atoms with Gasteiger partial charge in [0.1, 0.15) is 0 Å². The molecule has 6 nitrogen and oxygen atoms in total. The third-order valence-corrected chi connectivity index (χ3v) is 7.89. The van der Waals surface area contributed by atoms with Crippen LogP contribution in [0.4, 0.5) is 0 Å². The molecule has 174 valence electrons. The highest BCUT2D eigenvalue weighted by atomic mass is 31.1. The molecule has 0 aliphatic carbocycles. The molecule has 0 saturated heterocycles. The standard InChI is InChI=1S/C27H27N2O4P/c1-18-16-22(30-2)28-26(32-4)24(18)25-21(17-23(31-3)29-27(25)33-5)34(19-12-8-6-9-13-19)20-14-10-7-11-15-20/h6-17H,1-5H3. The number of nitrogens with zero attached hydrogens (tertiary/aromatic N) is 2. The fourth-order valence-electron chi connectivity index (χ4n) is 3.90. The van der Waals surface area contributed by atoms with Crippen molar-refractivity contribution >= 4 is 23.8 Å². The second-order valence-corrected chi connectivity index (χ2v) is 9.63. The minimum Gasteiger partial charge on any atom is -0.481 e. The second kappa shape index (κ2) is 10.5. The summed E-state index contributed by atoms with van der Waals surface area (Å²) in [6, 6.07) is 24.8. The van der Waals surface area contributed by atoms with E-state index >= 15 is 0 Å². The second-order valence-electron chi connectivity index (χ2n) is 7.44. The third-order valence-electron chi connectivity index (χ3n) is 5.43. The maximum Gasteiger partial charge on any atom is 0.225 e. The third kappa shape index (κ3) is 4.55. The van der Waals surface area contributed by atoms with Crippen LogP contribution in [-0.2, 0) is 0 Å². The molecule has 0 aliphatic rings. The van der Waals surface area contributed by atoms with E-state index in [-0.39, 0.29) is 0 Å². The maximum atomic E-state index is 5.82. The smallest absolute Gasteiger partial charge is 0.225 e. The summed E-state index contributed by atoms with van der Waals surface area (Å²) in [7, 11) is 5.42. The van der Waals surface area contributed by atoms with E-state index in [1.807, 2.05) is 31.2 Å². The molecule has 0 aliphatic heterocycles. The zero-order valence-electron chi connectivity index (χ0n) is 19.9. The van der Waals surface area contributed by atoms with Crippen LogP contribution in [0.3, 0.4) is 0 Å². The van der Waals surface area contributed by atoms with Gasteiger partial charge in [-0.15, -0.1) is 0 Å². The van der Waals surface area contributed by atoms with Gasteiger partial charge in [-0.1, -0.05) is 60.7 Å². The molecule has 4 aromatic rings. The van der Waals surface area contributed by atoms with Crippen LogP contribution in [0.25, 0.3) is 11.1 Å². The quantitative estimate of drug-likeness (QED) is 0.356. The predicted molar refractivity (Wildman–Crippen MR) is 137 cm³/mol. The van der Waals surface area contributed by atoms with Crippen LogP contribution in [0.15, 0.2) is 72.8 Å². The average Bonchev–Trinajstić information content (AvgIpc) is 2.89. The zero-order chi connectivity index (χ0) is 24.1. The molecule has 0 radical (unpaired) electrons. The summed E-state index contributed by atoms with van der Waals surface area (Å²) < 4.78 is 22.5. The number of ether oxygens (including phenoxy) is 4. The van der Waals surface area contributed by atoms with Crippen LogP contribution < -0.4 is 34.9 Å². The van der Waals surface area contributed by atoms with Gasteiger partial charge in [0.15, 0.2) is 0 Å². The molecule has 34 heavy (non-hydrogen) atoms. The molecule has 7 heteroatoms. The Bertz CT molecular complexity index is 1230. The largest absolute Gasteiger partial charge is 0.481 e. The van der Waals surface area contributed by atoms with Crippen molar-refractivity contribution in [3.8, 4) is 34.6 Å². The molecular weight excluding hydrogens is 447 g/mol. The monoisotopic (exact) mass is 474 g/mol. The van der Waals surface area contributed by atoms with Crippen molar-refractivity contribution in [2.45, 2.75) is 6.92 Å². The van der Waals surface area contributed by atoms with Gasteiger partial charge < -0.3 is 18.9 Å². The van der Waals surface area contributed by atoms with Crippen LogP contribution in [0.5, 0.6) is 23.5 Å². The highest BCUT2D eigenvalue weighted by Gasteiger charge is 2.28. The summed E-state index contributed by atoms with van der Waals surface area (Å²) in [5.74, 6) is 1.85. The first-order valence-electron chi connectivity index (χ1n) is 10.7. The lowest BCUT2D eigenvalue weighted by atomic mass is 10.0. The van der Waals surface area contributed by atoms with Gasteiger partial charge in [-0.05, 0) is 31.0 Å². The van der Waals surface area contributed by atoms with Crippen molar-refractivity contribution < 1.29 is 18.9 Å². The Morgan fingerprint density at radius 2 is 1.06 bits per heavy atom. The van der Waals surface area contributed by atoms with Crippen LogP contribution in [0.1, 0.15) is 5.56 Å². The normalized spacial score (nSPS) is 10.8. The van der Waals surface area contributed by atoms with Gasteiger partial charge in [-0.3, -0.25) is 0 Å². The first kappa shape index (κ1) is 23.5. The number of pyridine rings is 2. The van der Waals surface area contributed by atoms with E-state index in [1.54, 1.807) is 28.4 Å². The lowest BCUT2D eigenvalue weighted by molar-refractivity contribution is 0.361. The van der Waals surface area contributed by atoms with Crippen LogP contribution in [0.2, 0.25) is 0 Å². The predicted octanol–water partition coefficient (Wildman–Crippen LogP) is 4.24. The summed E-state index contributed by atoms with van der Waals surface area (Å²) in [6.07, 6.45) is 0. The molecule has 0 spiro atoms. The van der Waals surface area contributed by atoms with Crippen molar-refractivity contribution in [3.05, 3.63) is 78.4 Å². The Balaban J connectivity index is 2.11. The van der Waals surface area contributed by atoms with Crippen molar-refractivity contribution in [2.24, 2.45) is 0 Å². The van der Waals surface area contributed by atoms with Crippen molar-refractivity contribution in [1.29, 1.82) is 0 Å². The van der Waals surface area contributed by atoms with Gasteiger partial charge in [0.2, 0.25) is 23.5 Å². The summed E-state index contributed by atoms with van der Waals surface area (Å²) in [5, 5.41) is 3.42. The van der Waals surface area contributed by atoms with E-state index in [4.69, 9.17) is 18.9 Å². The van der Waals surface area contributed by atoms with E-state index in [0.29, 0.717) is 23.5 Å². The van der Waals surface area contributed by atoms with E-state index in [0.717, 1.165) is 22.0 Å². The van der Waals surface area contributed by atoms with Crippen LogP contribution in [-0.4, -0.2) is 38.4 Å². The van der Waals surface area contributed by atoms with Gasteiger partial charge in [-0.25, -0.2) is 0 Å². The van der Waals surface area contributed by atoms with E-state index < -0.39 is 7.92 Å². The molecule has 0 N–H and O–H groups in total. The summed E-state index contributed by atoms with van der Waals surface area (Å²) in [6.45, 7) is 2.00. The Morgan fingerprint density at radius 3 is 1.53 bits per heavy atom. The Kier molecular flexibility index (Phi) is 7.29. The summed E-state index contributed by atoms with van der Waals surface area (Å²) in [5.41, 5.74) is 2.57.